The number of rotatable bonds is 7. The van der Waals surface area contributed by atoms with E-state index < -0.39 is 6.04 Å². The van der Waals surface area contributed by atoms with Crippen LogP contribution in [0.5, 0.6) is 0 Å². The van der Waals surface area contributed by atoms with E-state index in [2.05, 4.69) is 37.1 Å². The molecule has 2 aromatic carbocycles. The van der Waals surface area contributed by atoms with Gasteiger partial charge < -0.3 is 15.4 Å². The topological polar surface area (TPSA) is 112 Å². The van der Waals surface area contributed by atoms with Crippen LogP contribution in [-0.2, 0) is 4.74 Å². The Kier molecular flexibility index (Phi) is 6.25. The van der Waals surface area contributed by atoms with Crippen molar-refractivity contribution < 1.29 is 9.13 Å². The summed E-state index contributed by atoms with van der Waals surface area (Å²) in [6.45, 7) is 2.13. The molecule has 4 aromatic rings. The molecule has 8 nitrogen and oxygen atoms in total. The second-order valence-corrected chi connectivity index (χ2v) is 8.55. The summed E-state index contributed by atoms with van der Waals surface area (Å²) in [6.07, 6.45) is 4.11. The molecule has 2 aromatic heterocycles. The SMILES string of the molecule is N#Cc1cnc2c(Cl)cc(NC(c3ccc(F)cc3)c3cn[nH]n3)cc2c1NCC1CCOC1. The number of pyridine rings is 1. The molecule has 1 aliphatic rings. The van der Waals surface area contributed by atoms with Crippen molar-refractivity contribution in [1.29, 1.82) is 5.26 Å². The number of hydrogen-bond acceptors (Lipinski definition) is 7. The van der Waals surface area contributed by atoms with Gasteiger partial charge in [-0.1, -0.05) is 23.7 Å². The van der Waals surface area contributed by atoms with E-state index in [1.165, 1.54) is 18.3 Å². The highest BCUT2D eigenvalue weighted by molar-refractivity contribution is 6.35. The Bertz CT molecular complexity index is 1330. The first-order chi connectivity index (χ1) is 16.6. The molecule has 34 heavy (non-hydrogen) atoms. The van der Waals surface area contributed by atoms with E-state index in [0.717, 1.165) is 24.0 Å². The molecule has 5 rings (SSSR count). The number of hydrogen-bond donors (Lipinski definition) is 3. The number of H-pyrrole nitrogens is 1. The lowest BCUT2D eigenvalue weighted by molar-refractivity contribution is 0.187. The van der Waals surface area contributed by atoms with Crippen molar-refractivity contribution in [3.63, 3.8) is 0 Å². The second kappa shape index (κ2) is 9.63. The van der Waals surface area contributed by atoms with Crippen molar-refractivity contribution in [2.24, 2.45) is 5.92 Å². The lowest BCUT2D eigenvalue weighted by Gasteiger charge is -2.20. The third-order valence-corrected chi connectivity index (χ3v) is 6.17. The zero-order valence-electron chi connectivity index (χ0n) is 18.1. The molecule has 0 radical (unpaired) electrons. The number of aromatic amines is 1. The monoisotopic (exact) mass is 477 g/mol. The van der Waals surface area contributed by atoms with E-state index in [4.69, 9.17) is 16.3 Å². The Hall–Kier alpha value is -3.74. The van der Waals surface area contributed by atoms with E-state index in [-0.39, 0.29) is 5.82 Å². The van der Waals surface area contributed by atoms with Crippen molar-refractivity contribution >= 4 is 33.9 Å². The molecule has 3 heterocycles. The molecule has 2 atom stereocenters. The first-order valence-electron chi connectivity index (χ1n) is 10.8. The van der Waals surface area contributed by atoms with Crippen molar-refractivity contribution in [2.75, 3.05) is 30.4 Å². The summed E-state index contributed by atoms with van der Waals surface area (Å²) in [5.41, 5.74) is 3.84. The summed E-state index contributed by atoms with van der Waals surface area (Å²) in [5, 5.41) is 28.5. The molecule has 172 valence electrons. The fourth-order valence-electron chi connectivity index (χ4n) is 4.11. The number of nitrogens with one attached hydrogen (secondary N) is 3. The quantitative estimate of drug-likeness (QED) is 0.354. The van der Waals surface area contributed by atoms with Gasteiger partial charge in [-0.3, -0.25) is 4.98 Å². The van der Waals surface area contributed by atoms with E-state index >= 15 is 0 Å². The molecule has 0 aliphatic carbocycles. The van der Waals surface area contributed by atoms with E-state index in [1.807, 2.05) is 6.07 Å². The molecule has 1 aliphatic heterocycles. The lowest BCUT2D eigenvalue weighted by atomic mass is 10.0. The molecular weight excluding hydrogens is 457 g/mol. The van der Waals surface area contributed by atoms with Gasteiger partial charge in [0.2, 0.25) is 0 Å². The highest BCUT2D eigenvalue weighted by Gasteiger charge is 2.20. The number of halogens is 2. The van der Waals surface area contributed by atoms with Gasteiger partial charge in [0.15, 0.2) is 0 Å². The van der Waals surface area contributed by atoms with Gasteiger partial charge in [-0.15, -0.1) is 0 Å². The van der Waals surface area contributed by atoms with Gasteiger partial charge in [-0.2, -0.15) is 20.7 Å². The number of fused-ring (bicyclic) bond motifs is 1. The highest BCUT2D eigenvalue weighted by atomic mass is 35.5. The van der Waals surface area contributed by atoms with Crippen LogP contribution in [0.1, 0.15) is 29.3 Å². The molecule has 0 bridgehead atoms. The summed E-state index contributed by atoms with van der Waals surface area (Å²) in [4.78, 5) is 4.41. The average molecular weight is 478 g/mol. The summed E-state index contributed by atoms with van der Waals surface area (Å²) in [6, 6.07) is 11.7. The van der Waals surface area contributed by atoms with E-state index in [0.29, 0.717) is 52.2 Å². The van der Waals surface area contributed by atoms with Crippen LogP contribution in [0.15, 0.2) is 48.8 Å². The number of benzene rings is 2. The third kappa shape index (κ3) is 4.51. The van der Waals surface area contributed by atoms with Gasteiger partial charge in [0.1, 0.15) is 17.6 Å². The Morgan fingerprint density at radius 3 is 2.82 bits per heavy atom. The summed E-state index contributed by atoms with van der Waals surface area (Å²) in [5.74, 6) is 0.0523. The maximum Gasteiger partial charge on any atom is 0.123 e. The molecule has 0 spiro atoms. The van der Waals surface area contributed by atoms with Crippen LogP contribution < -0.4 is 10.6 Å². The number of aromatic nitrogens is 4. The Morgan fingerprint density at radius 1 is 1.26 bits per heavy atom. The van der Waals surface area contributed by atoms with Crippen molar-refractivity contribution in [3.05, 3.63) is 76.5 Å². The van der Waals surface area contributed by atoms with Crippen molar-refractivity contribution in [3.8, 4) is 6.07 Å². The first kappa shape index (κ1) is 22.1. The Morgan fingerprint density at radius 2 is 2.12 bits per heavy atom. The van der Waals surface area contributed by atoms with Gasteiger partial charge in [-0.05, 0) is 36.2 Å². The van der Waals surface area contributed by atoms with Crippen LogP contribution in [-0.4, -0.2) is 40.2 Å². The van der Waals surface area contributed by atoms with Gasteiger partial charge >= 0.3 is 0 Å². The van der Waals surface area contributed by atoms with Gasteiger partial charge in [0, 0.05) is 36.3 Å². The number of nitriles is 1. The maximum absolute atomic E-state index is 13.5. The summed E-state index contributed by atoms with van der Waals surface area (Å²) in [7, 11) is 0. The minimum Gasteiger partial charge on any atom is -0.383 e. The van der Waals surface area contributed by atoms with Crippen molar-refractivity contribution in [2.45, 2.75) is 12.5 Å². The van der Waals surface area contributed by atoms with Crippen LogP contribution in [0, 0.1) is 23.1 Å². The normalized spacial score (nSPS) is 16.3. The number of anilines is 2. The standard InChI is InChI=1S/C24H21ClFN7O/c25-20-8-18(31-23(21-12-30-33-32-21)15-1-3-17(26)4-2-15)7-19-22(16(9-27)11-29-24(19)20)28-10-14-5-6-34-13-14/h1-4,7-8,11-12,14,23,31H,5-6,10,13H2,(H,28,29)(H,30,32,33). The third-order valence-electron chi connectivity index (χ3n) is 5.88. The van der Waals surface area contributed by atoms with Gasteiger partial charge in [0.25, 0.3) is 0 Å². The fourth-order valence-corrected chi connectivity index (χ4v) is 4.38. The predicted octanol–water partition coefficient (Wildman–Crippen LogP) is 4.67. The zero-order chi connectivity index (χ0) is 23.5. The van der Waals surface area contributed by atoms with Crippen LogP contribution in [0.4, 0.5) is 15.8 Å². The largest absolute Gasteiger partial charge is 0.383 e. The van der Waals surface area contributed by atoms with Gasteiger partial charge in [0.05, 0.1) is 40.6 Å². The molecule has 0 saturated carbocycles. The number of nitrogens with zero attached hydrogens (tertiary/aromatic N) is 4. The smallest absolute Gasteiger partial charge is 0.123 e. The van der Waals surface area contributed by atoms with Crippen molar-refractivity contribution in [1.82, 2.24) is 20.4 Å². The minimum atomic E-state index is -0.410. The molecule has 1 fully saturated rings. The Balaban J connectivity index is 1.54. The molecule has 3 N–H and O–H groups in total. The number of ether oxygens (including phenoxy) is 1. The molecule has 1 saturated heterocycles. The zero-order valence-corrected chi connectivity index (χ0v) is 18.8. The predicted molar refractivity (Wildman–Crippen MR) is 127 cm³/mol. The van der Waals surface area contributed by atoms with Crippen LogP contribution in [0.3, 0.4) is 0 Å². The van der Waals surface area contributed by atoms with Crippen LogP contribution in [0.2, 0.25) is 5.02 Å². The second-order valence-electron chi connectivity index (χ2n) is 8.15. The maximum atomic E-state index is 13.5. The Labute approximate surface area is 200 Å². The first-order valence-corrected chi connectivity index (χ1v) is 11.2. The molecule has 0 amide bonds. The molecular formula is C24H21ClFN7O. The fraction of sp³-hybridized carbons (Fsp3) is 0.250. The average Bonchev–Trinajstić information content (AvgIpc) is 3.56. The van der Waals surface area contributed by atoms with Gasteiger partial charge in [-0.25, -0.2) is 4.39 Å². The molecule has 10 heteroatoms. The van der Waals surface area contributed by atoms with E-state index in [9.17, 15) is 9.65 Å². The molecule has 2 unspecified atom stereocenters. The minimum absolute atomic E-state index is 0.324. The van der Waals surface area contributed by atoms with Crippen LogP contribution in [0.25, 0.3) is 10.9 Å². The van der Waals surface area contributed by atoms with Crippen LogP contribution >= 0.6 is 11.6 Å². The lowest BCUT2D eigenvalue weighted by Crippen LogP contribution is -2.15. The summed E-state index contributed by atoms with van der Waals surface area (Å²) >= 11 is 6.62. The van der Waals surface area contributed by atoms with E-state index in [1.54, 1.807) is 24.4 Å². The summed E-state index contributed by atoms with van der Waals surface area (Å²) < 4.78 is 19.0. The highest BCUT2D eigenvalue weighted by Crippen LogP contribution is 2.35.